The van der Waals surface area contributed by atoms with Crippen molar-refractivity contribution in [3.8, 4) is 0 Å². The molecule has 5 nitrogen and oxygen atoms in total. The number of carbonyl (C=O) groups is 2. The van der Waals surface area contributed by atoms with Gasteiger partial charge in [0.1, 0.15) is 0 Å². The highest BCUT2D eigenvalue weighted by molar-refractivity contribution is 7.83. The van der Waals surface area contributed by atoms with Crippen molar-refractivity contribution >= 4 is 36.4 Å². The number of benzene rings is 1. The van der Waals surface area contributed by atoms with Crippen LogP contribution in [0.2, 0.25) is 0 Å². The maximum atomic E-state index is 12.6. The van der Waals surface area contributed by atoms with Crippen molar-refractivity contribution < 1.29 is 18.5 Å². The second-order valence-electron chi connectivity index (χ2n) is 12.9. The molecule has 1 N–H and O–H groups in total. The maximum absolute atomic E-state index is 12.6. The van der Waals surface area contributed by atoms with Gasteiger partial charge in [-0.05, 0) is 129 Å². The number of hydrogen-bond acceptors (Lipinski definition) is 4. The summed E-state index contributed by atoms with van der Waals surface area (Å²) in [5, 5.41) is 0. The third-order valence-corrected chi connectivity index (χ3v) is 12.5. The van der Waals surface area contributed by atoms with Gasteiger partial charge in [0.15, 0.2) is 11.0 Å². The van der Waals surface area contributed by atoms with Crippen LogP contribution in [-0.4, -0.2) is 23.2 Å². The summed E-state index contributed by atoms with van der Waals surface area (Å²) in [5.41, 5.74) is 1.42. The zero-order valence-electron chi connectivity index (χ0n) is 27.4. The van der Waals surface area contributed by atoms with Crippen molar-refractivity contribution in [2.45, 2.75) is 130 Å². The number of esters is 1. The van der Waals surface area contributed by atoms with E-state index in [4.69, 9.17) is 4.74 Å². The Bertz CT molecular complexity index is 1030. The fraction of sp³-hybridized carbons (Fsp3) is 0.771. The van der Waals surface area contributed by atoms with E-state index in [1.807, 2.05) is 27.7 Å². The molecule has 0 aliphatic heterocycles. The molecule has 4 saturated carbocycles. The van der Waals surface area contributed by atoms with Crippen molar-refractivity contribution in [1.29, 1.82) is 0 Å². The van der Waals surface area contributed by atoms with Crippen LogP contribution >= 0.6 is 13.5 Å². The first-order valence-electron chi connectivity index (χ1n) is 16.7. The Balaban J connectivity index is 0.00000118. The number of carbonyl (C=O) groups excluding carboxylic acids is 2. The van der Waals surface area contributed by atoms with Crippen molar-refractivity contribution in [3.05, 3.63) is 29.8 Å². The lowest BCUT2D eigenvalue weighted by atomic mass is 9.45. The molecule has 240 valence electrons. The summed E-state index contributed by atoms with van der Waals surface area (Å²) >= 11 is 0. The molecular formula is C35H59NO4S2. The van der Waals surface area contributed by atoms with E-state index in [0.29, 0.717) is 33.6 Å². The van der Waals surface area contributed by atoms with Gasteiger partial charge in [0, 0.05) is 6.42 Å². The predicted octanol–water partition coefficient (Wildman–Crippen LogP) is 9.00. The summed E-state index contributed by atoms with van der Waals surface area (Å²) in [5.74, 6) is 3.80. The molecule has 1 amide bonds. The van der Waals surface area contributed by atoms with Crippen LogP contribution in [0.15, 0.2) is 29.2 Å². The normalized spacial score (nSPS) is 33.4. The molecule has 0 radical (unpaired) electrons. The van der Waals surface area contributed by atoms with Gasteiger partial charge in [0.05, 0.1) is 17.6 Å². The molecule has 8 atom stereocenters. The van der Waals surface area contributed by atoms with Crippen LogP contribution in [0.25, 0.3) is 0 Å². The SMILES string of the molecule is CC.CC.COC(=O)c1ccc(S(=O)NC(=O)CCCC2CCC3C4CCC5CCCCC5(C)C4CCC23C)cc1.S. The standard InChI is InChI=1S/C31H45NO4S.2C2H6.H2S/c1-30-19-5-4-7-22(30)12-16-25-26-17-13-23(31(26,2)20-18-27(25)30)8-6-9-28(33)32-37(35)24-14-10-21(11-15-24)29(34)36-3;2*1-2;/h10-11,14-15,22-23,25-27H,4-9,12-13,16-20H2,1-3H3,(H,32,33);2*1-2H3;1H2. The first-order chi connectivity index (χ1) is 19.8. The molecule has 0 aromatic heterocycles. The Morgan fingerprint density at radius 3 is 2.21 bits per heavy atom. The van der Waals surface area contributed by atoms with Crippen LogP contribution in [0.4, 0.5) is 0 Å². The van der Waals surface area contributed by atoms with Crippen LogP contribution in [0, 0.1) is 40.4 Å². The highest BCUT2D eigenvalue weighted by atomic mass is 32.2. The Morgan fingerprint density at radius 1 is 0.881 bits per heavy atom. The molecule has 5 rings (SSSR count). The largest absolute Gasteiger partial charge is 0.465 e. The van der Waals surface area contributed by atoms with Gasteiger partial charge in [-0.25, -0.2) is 9.00 Å². The van der Waals surface area contributed by atoms with Gasteiger partial charge in [-0.3, -0.25) is 9.52 Å². The molecule has 1 aromatic rings. The van der Waals surface area contributed by atoms with Crippen molar-refractivity contribution in [3.63, 3.8) is 0 Å². The van der Waals surface area contributed by atoms with Crippen molar-refractivity contribution in [2.24, 2.45) is 40.4 Å². The van der Waals surface area contributed by atoms with Gasteiger partial charge in [0.25, 0.3) is 0 Å². The van der Waals surface area contributed by atoms with E-state index in [1.165, 1.54) is 71.3 Å². The number of methoxy groups -OCH3 is 1. The van der Waals surface area contributed by atoms with E-state index in [9.17, 15) is 13.8 Å². The highest BCUT2D eigenvalue weighted by Gasteiger charge is 2.59. The molecule has 0 saturated heterocycles. The van der Waals surface area contributed by atoms with E-state index < -0.39 is 17.0 Å². The topological polar surface area (TPSA) is 72.5 Å². The molecule has 0 heterocycles. The smallest absolute Gasteiger partial charge is 0.337 e. The lowest BCUT2D eigenvalue weighted by Crippen LogP contribution is -2.52. The quantitative estimate of drug-likeness (QED) is 0.309. The molecule has 4 aliphatic rings. The molecule has 4 fully saturated rings. The minimum absolute atomic E-state index is 0. The van der Waals surface area contributed by atoms with Gasteiger partial charge >= 0.3 is 5.97 Å². The fourth-order valence-corrected chi connectivity index (χ4v) is 10.2. The van der Waals surface area contributed by atoms with Crippen LogP contribution in [0.1, 0.15) is 135 Å². The molecule has 0 spiro atoms. The Morgan fingerprint density at radius 2 is 1.55 bits per heavy atom. The molecule has 42 heavy (non-hydrogen) atoms. The lowest BCUT2D eigenvalue weighted by molar-refractivity contribution is -0.119. The predicted molar refractivity (Wildman–Crippen MR) is 179 cm³/mol. The molecule has 4 aliphatic carbocycles. The number of amides is 1. The van der Waals surface area contributed by atoms with E-state index in [2.05, 4.69) is 18.6 Å². The Labute approximate surface area is 266 Å². The van der Waals surface area contributed by atoms with Gasteiger partial charge in [0.2, 0.25) is 5.91 Å². The van der Waals surface area contributed by atoms with Crippen molar-refractivity contribution in [2.75, 3.05) is 7.11 Å². The van der Waals surface area contributed by atoms with Gasteiger partial charge < -0.3 is 4.74 Å². The average Bonchev–Trinajstić information content (AvgIpc) is 3.34. The zero-order valence-corrected chi connectivity index (χ0v) is 29.2. The van der Waals surface area contributed by atoms with Crippen LogP contribution in [0.5, 0.6) is 0 Å². The van der Waals surface area contributed by atoms with Crippen molar-refractivity contribution in [1.82, 2.24) is 4.72 Å². The first-order valence-corrected chi connectivity index (χ1v) is 17.8. The average molecular weight is 622 g/mol. The molecule has 1 aromatic carbocycles. The zero-order chi connectivity index (χ0) is 30.2. The minimum atomic E-state index is -1.62. The van der Waals surface area contributed by atoms with E-state index >= 15 is 0 Å². The number of rotatable bonds is 7. The van der Waals surface area contributed by atoms with Gasteiger partial charge in [-0.2, -0.15) is 13.5 Å². The summed E-state index contributed by atoms with van der Waals surface area (Å²) in [4.78, 5) is 24.6. The van der Waals surface area contributed by atoms with E-state index in [1.54, 1.807) is 24.3 Å². The summed E-state index contributed by atoms with van der Waals surface area (Å²) < 4.78 is 19.9. The molecular weight excluding hydrogens is 563 g/mol. The maximum Gasteiger partial charge on any atom is 0.337 e. The second kappa shape index (κ2) is 16.7. The summed E-state index contributed by atoms with van der Waals surface area (Å²) in [6, 6.07) is 6.33. The monoisotopic (exact) mass is 621 g/mol. The third kappa shape index (κ3) is 7.65. The summed E-state index contributed by atoms with van der Waals surface area (Å²) in [6.45, 7) is 13.2. The van der Waals surface area contributed by atoms with Gasteiger partial charge in [-0.15, -0.1) is 0 Å². The Kier molecular flexibility index (Phi) is 14.6. The van der Waals surface area contributed by atoms with E-state index in [0.717, 1.165) is 36.5 Å². The molecule has 0 bridgehead atoms. The minimum Gasteiger partial charge on any atom is -0.465 e. The second-order valence-corrected chi connectivity index (χ2v) is 14.1. The molecule has 7 heteroatoms. The summed E-state index contributed by atoms with van der Waals surface area (Å²) in [7, 11) is -0.294. The fourth-order valence-electron chi connectivity index (χ4n) is 9.43. The number of nitrogens with one attached hydrogen (secondary N) is 1. The number of ether oxygens (including phenoxy) is 1. The number of hydrogen-bond donors (Lipinski definition) is 1. The first kappa shape index (κ1) is 36.8. The number of fused-ring (bicyclic) bond motifs is 5. The highest BCUT2D eigenvalue weighted by Crippen LogP contribution is 2.67. The van der Waals surface area contributed by atoms with Crippen LogP contribution in [0.3, 0.4) is 0 Å². The van der Waals surface area contributed by atoms with Crippen LogP contribution in [-0.2, 0) is 20.5 Å². The lowest BCUT2D eigenvalue weighted by Gasteiger charge is -2.60. The Hall–Kier alpha value is -1.34. The van der Waals surface area contributed by atoms with E-state index in [-0.39, 0.29) is 19.4 Å². The van der Waals surface area contributed by atoms with Crippen LogP contribution < -0.4 is 4.72 Å². The third-order valence-electron chi connectivity index (χ3n) is 11.4. The molecule has 8 unspecified atom stereocenters. The van der Waals surface area contributed by atoms with Gasteiger partial charge in [-0.1, -0.05) is 54.4 Å². The summed E-state index contributed by atoms with van der Waals surface area (Å²) in [6.07, 6.45) is 16.5.